The summed E-state index contributed by atoms with van der Waals surface area (Å²) in [7, 11) is 2.11. The van der Waals surface area contributed by atoms with Crippen molar-refractivity contribution in [3.05, 3.63) is 42.2 Å². The van der Waals surface area contributed by atoms with Crippen molar-refractivity contribution in [1.29, 1.82) is 0 Å². The number of fused-ring (bicyclic) bond motifs is 1. The third-order valence-corrected chi connectivity index (χ3v) is 5.79. The molecule has 0 amide bonds. The van der Waals surface area contributed by atoms with Gasteiger partial charge in [-0.05, 0) is 37.1 Å². The summed E-state index contributed by atoms with van der Waals surface area (Å²) >= 11 is 0. The predicted molar refractivity (Wildman–Crippen MR) is 113 cm³/mol. The lowest BCUT2D eigenvalue weighted by molar-refractivity contribution is -0.138. The summed E-state index contributed by atoms with van der Waals surface area (Å²) in [6, 6.07) is 7.85. The largest absolute Gasteiger partial charge is 0.481 e. The number of nitrogens with zero attached hydrogens (tertiary/aromatic N) is 6. The Morgan fingerprint density at radius 1 is 1.13 bits per heavy atom. The van der Waals surface area contributed by atoms with Crippen LogP contribution in [0.2, 0.25) is 0 Å². The van der Waals surface area contributed by atoms with Crippen LogP contribution in [0.1, 0.15) is 17.9 Å². The van der Waals surface area contributed by atoms with Gasteiger partial charge in [0.25, 0.3) is 0 Å². The quantitative estimate of drug-likeness (QED) is 0.660. The molecule has 2 atom stereocenters. The van der Waals surface area contributed by atoms with E-state index in [9.17, 15) is 9.90 Å². The summed E-state index contributed by atoms with van der Waals surface area (Å²) in [5.74, 6) is 0.307. The molecule has 0 spiro atoms. The molecule has 3 aromatic rings. The van der Waals surface area contributed by atoms with Crippen LogP contribution in [-0.2, 0) is 4.79 Å². The van der Waals surface area contributed by atoms with Crippen LogP contribution in [0.15, 0.2) is 36.7 Å². The molecule has 0 radical (unpaired) electrons. The average molecular weight is 405 g/mol. The molecule has 3 heterocycles. The third-order valence-electron chi connectivity index (χ3n) is 5.79. The summed E-state index contributed by atoms with van der Waals surface area (Å²) in [5.41, 5.74) is 3.03. The van der Waals surface area contributed by atoms with E-state index in [-0.39, 0.29) is 11.8 Å². The van der Waals surface area contributed by atoms with Gasteiger partial charge < -0.3 is 20.2 Å². The van der Waals surface area contributed by atoms with Gasteiger partial charge in [0.1, 0.15) is 0 Å². The number of hydrogen-bond acceptors (Lipinski definition) is 8. The Kier molecular flexibility index (Phi) is 4.66. The maximum absolute atomic E-state index is 11.2. The van der Waals surface area contributed by atoms with Gasteiger partial charge in [-0.2, -0.15) is 9.97 Å². The number of rotatable bonds is 5. The Morgan fingerprint density at radius 2 is 1.93 bits per heavy atom. The Balaban J connectivity index is 1.46. The maximum atomic E-state index is 11.2. The lowest BCUT2D eigenvalue weighted by Crippen LogP contribution is -2.45. The third kappa shape index (κ3) is 3.63. The fourth-order valence-corrected chi connectivity index (χ4v) is 3.91. The van der Waals surface area contributed by atoms with E-state index in [1.54, 1.807) is 12.4 Å². The highest BCUT2D eigenvalue weighted by Crippen LogP contribution is 2.48. The van der Waals surface area contributed by atoms with Crippen LogP contribution in [0.3, 0.4) is 0 Å². The van der Waals surface area contributed by atoms with Crippen molar-refractivity contribution in [2.75, 3.05) is 43.4 Å². The molecule has 154 valence electrons. The fourth-order valence-electron chi connectivity index (χ4n) is 3.91. The van der Waals surface area contributed by atoms with Crippen LogP contribution in [0.25, 0.3) is 11.2 Å². The first-order valence-corrected chi connectivity index (χ1v) is 10.1. The molecule has 2 aliphatic rings. The molecule has 30 heavy (non-hydrogen) atoms. The molecular weight excluding hydrogens is 382 g/mol. The number of likely N-dealkylation sites (N-methyl/N-ethyl adjacent to an activating group) is 1. The zero-order valence-electron chi connectivity index (χ0n) is 16.7. The van der Waals surface area contributed by atoms with Gasteiger partial charge in [-0.15, -0.1) is 0 Å². The summed E-state index contributed by atoms with van der Waals surface area (Å²) in [6.45, 7) is 3.63. The van der Waals surface area contributed by atoms with Crippen molar-refractivity contribution >= 4 is 34.6 Å². The van der Waals surface area contributed by atoms with Crippen LogP contribution in [0, 0.1) is 5.92 Å². The number of aromatic nitrogens is 4. The molecule has 2 fully saturated rings. The molecule has 5 rings (SSSR count). The molecule has 0 bridgehead atoms. The van der Waals surface area contributed by atoms with Crippen molar-refractivity contribution in [2.24, 2.45) is 5.92 Å². The molecule has 2 aromatic heterocycles. The Labute approximate surface area is 173 Å². The van der Waals surface area contributed by atoms with Gasteiger partial charge in [0, 0.05) is 44.3 Å². The summed E-state index contributed by atoms with van der Waals surface area (Å²) < 4.78 is 0. The number of benzene rings is 1. The molecular formula is C21H23N7O2. The van der Waals surface area contributed by atoms with E-state index in [1.807, 2.05) is 24.3 Å². The zero-order chi connectivity index (χ0) is 20.7. The smallest absolute Gasteiger partial charge is 0.307 e. The zero-order valence-corrected chi connectivity index (χ0v) is 16.7. The maximum Gasteiger partial charge on any atom is 0.307 e. The van der Waals surface area contributed by atoms with Crippen molar-refractivity contribution in [3.8, 4) is 0 Å². The first-order valence-electron chi connectivity index (χ1n) is 10.1. The van der Waals surface area contributed by atoms with E-state index in [2.05, 4.69) is 37.1 Å². The Bertz CT molecular complexity index is 1100. The van der Waals surface area contributed by atoms with Gasteiger partial charge in [-0.1, -0.05) is 12.1 Å². The lowest BCUT2D eigenvalue weighted by Gasteiger charge is -2.32. The Hall–Kier alpha value is -3.33. The topological polar surface area (TPSA) is 107 Å². The molecule has 1 aliphatic carbocycles. The minimum atomic E-state index is -0.729. The molecule has 1 saturated carbocycles. The summed E-state index contributed by atoms with van der Waals surface area (Å²) in [4.78, 5) is 33.9. The average Bonchev–Trinajstić information content (AvgIpc) is 3.56. The second kappa shape index (κ2) is 7.49. The number of carboxylic acids is 1. The number of carboxylic acid groups (broad SMARTS) is 1. The molecule has 1 unspecified atom stereocenters. The van der Waals surface area contributed by atoms with Crippen LogP contribution < -0.4 is 10.2 Å². The first kappa shape index (κ1) is 18.7. The number of aliphatic carboxylic acids is 1. The number of anilines is 3. The second-order valence-corrected chi connectivity index (χ2v) is 7.93. The SMILES string of the molecule is CN1CCN(c2nc(Nc3cccc(C4C[C@@H]4C(=O)O)c3)c3nccnc3n2)CC1. The van der Waals surface area contributed by atoms with Crippen molar-refractivity contribution in [2.45, 2.75) is 12.3 Å². The molecule has 1 aliphatic heterocycles. The van der Waals surface area contributed by atoms with E-state index in [4.69, 9.17) is 4.98 Å². The van der Waals surface area contributed by atoms with Crippen LogP contribution >= 0.6 is 0 Å². The van der Waals surface area contributed by atoms with E-state index < -0.39 is 5.97 Å². The first-order chi connectivity index (χ1) is 14.6. The van der Waals surface area contributed by atoms with E-state index in [0.29, 0.717) is 29.4 Å². The predicted octanol–water partition coefficient (Wildman–Crippen LogP) is 2.10. The van der Waals surface area contributed by atoms with E-state index in [1.165, 1.54) is 0 Å². The van der Waals surface area contributed by atoms with Crippen molar-refractivity contribution in [1.82, 2.24) is 24.8 Å². The van der Waals surface area contributed by atoms with E-state index in [0.717, 1.165) is 37.4 Å². The van der Waals surface area contributed by atoms with Gasteiger partial charge in [0.05, 0.1) is 5.92 Å². The van der Waals surface area contributed by atoms with Gasteiger partial charge in [-0.25, -0.2) is 9.97 Å². The minimum absolute atomic E-state index is 0.0760. The summed E-state index contributed by atoms with van der Waals surface area (Å²) in [6.07, 6.45) is 3.95. The van der Waals surface area contributed by atoms with Gasteiger partial charge in [-0.3, -0.25) is 4.79 Å². The molecule has 1 saturated heterocycles. The molecule has 9 heteroatoms. The van der Waals surface area contributed by atoms with Crippen LogP contribution in [0.4, 0.5) is 17.5 Å². The number of piperazine rings is 1. The monoisotopic (exact) mass is 405 g/mol. The van der Waals surface area contributed by atoms with Gasteiger partial charge in [0.2, 0.25) is 5.95 Å². The highest BCUT2D eigenvalue weighted by Gasteiger charge is 2.44. The van der Waals surface area contributed by atoms with Crippen LogP contribution in [0.5, 0.6) is 0 Å². The van der Waals surface area contributed by atoms with Crippen molar-refractivity contribution in [3.63, 3.8) is 0 Å². The minimum Gasteiger partial charge on any atom is -0.481 e. The van der Waals surface area contributed by atoms with Gasteiger partial charge in [0.15, 0.2) is 17.0 Å². The molecule has 1 aromatic carbocycles. The van der Waals surface area contributed by atoms with Crippen LogP contribution in [-0.4, -0.2) is 69.1 Å². The summed E-state index contributed by atoms with van der Waals surface area (Å²) in [5, 5.41) is 12.6. The Morgan fingerprint density at radius 3 is 2.70 bits per heavy atom. The molecule has 2 N–H and O–H groups in total. The highest BCUT2D eigenvalue weighted by atomic mass is 16.4. The van der Waals surface area contributed by atoms with E-state index >= 15 is 0 Å². The molecule has 9 nitrogen and oxygen atoms in total. The number of hydrogen-bond donors (Lipinski definition) is 2. The van der Waals surface area contributed by atoms with Gasteiger partial charge >= 0.3 is 5.97 Å². The van der Waals surface area contributed by atoms with Crippen molar-refractivity contribution < 1.29 is 9.90 Å². The lowest BCUT2D eigenvalue weighted by atomic mass is 10.1. The second-order valence-electron chi connectivity index (χ2n) is 7.93. The highest BCUT2D eigenvalue weighted by molar-refractivity contribution is 5.85. The normalized spacial score (nSPS) is 21.6. The standard InChI is InChI=1S/C21H23N7O2/c1-27-7-9-28(10-8-27)21-25-18-17(22-5-6-23-18)19(26-21)24-14-4-2-3-13(11-14)15-12-16(15)20(29)30/h2-6,11,15-16H,7-10,12H2,1H3,(H,29,30)(H,23,24,25,26)/t15?,16-/m0/s1. The number of nitrogens with one attached hydrogen (secondary N) is 1. The number of carbonyl (C=O) groups is 1. The fraction of sp³-hybridized carbons (Fsp3) is 0.381.